The monoisotopic (exact) mass is 353 g/mol. The number of nitrogens with one attached hydrogen (secondary N) is 1. The Labute approximate surface area is 153 Å². The fraction of sp³-hybridized carbons (Fsp3) is 0.526. The van der Waals surface area contributed by atoms with Gasteiger partial charge in [0, 0.05) is 44.9 Å². The van der Waals surface area contributed by atoms with Gasteiger partial charge in [0.25, 0.3) is 0 Å². The van der Waals surface area contributed by atoms with Crippen molar-refractivity contribution in [1.29, 1.82) is 0 Å². The predicted octanol–water partition coefficient (Wildman–Crippen LogP) is 2.39. The Morgan fingerprint density at radius 2 is 1.28 bits per heavy atom. The Bertz CT molecular complexity index is 499. The van der Waals surface area contributed by atoms with E-state index in [-0.39, 0.29) is 23.3 Å². The summed E-state index contributed by atoms with van der Waals surface area (Å²) in [7, 11) is 6.78. The van der Waals surface area contributed by atoms with Gasteiger partial charge < -0.3 is 15.1 Å². The maximum atomic E-state index is 10.9. The zero-order valence-corrected chi connectivity index (χ0v) is 17.3. The summed E-state index contributed by atoms with van der Waals surface area (Å²) in [5, 5.41) is 2.78. The van der Waals surface area contributed by atoms with E-state index >= 15 is 0 Å². The quantitative estimate of drug-likeness (QED) is 0.792. The van der Waals surface area contributed by atoms with Crippen molar-refractivity contribution in [2.45, 2.75) is 40.2 Å². The molecule has 0 atom stereocenters. The van der Waals surface area contributed by atoms with Crippen LogP contribution in [-0.4, -0.2) is 61.3 Å². The van der Waals surface area contributed by atoms with Gasteiger partial charge in [-0.1, -0.05) is 19.7 Å². The highest BCUT2D eigenvalue weighted by Gasteiger charge is 2.13. The average molecular weight is 354 g/mol. The first-order valence-corrected chi connectivity index (χ1v) is 7.75. The SMILES string of the molecule is C=C(C)C(=O)N(C)C.C=C(C)C(=O)NC(C)(C)C.C=CC(=O)N(C)C. The van der Waals surface area contributed by atoms with Gasteiger partial charge in [-0.3, -0.25) is 14.4 Å². The molecule has 6 nitrogen and oxygen atoms in total. The third-order valence-corrected chi connectivity index (χ3v) is 2.26. The Kier molecular flexibility index (Phi) is 14.3. The number of carbonyl (C=O) groups excluding carboxylic acids is 3. The maximum absolute atomic E-state index is 10.9. The minimum atomic E-state index is -0.157. The largest absolute Gasteiger partial charge is 0.348 e. The molecule has 0 saturated carbocycles. The summed E-state index contributed by atoms with van der Waals surface area (Å²) >= 11 is 0. The summed E-state index contributed by atoms with van der Waals surface area (Å²) in [6, 6.07) is 0. The highest BCUT2D eigenvalue weighted by atomic mass is 16.2. The number of hydrogen-bond acceptors (Lipinski definition) is 3. The van der Waals surface area contributed by atoms with Crippen molar-refractivity contribution in [2.75, 3.05) is 28.2 Å². The van der Waals surface area contributed by atoms with Crippen LogP contribution in [0.4, 0.5) is 0 Å². The highest BCUT2D eigenvalue weighted by Crippen LogP contribution is 2.00. The molecule has 25 heavy (non-hydrogen) atoms. The summed E-state index contributed by atoms with van der Waals surface area (Å²) in [4.78, 5) is 34.9. The topological polar surface area (TPSA) is 69.7 Å². The third-order valence-electron chi connectivity index (χ3n) is 2.26. The highest BCUT2D eigenvalue weighted by molar-refractivity contribution is 5.92. The van der Waals surface area contributed by atoms with Gasteiger partial charge in [-0.25, -0.2) is 0 Å². The molecule has 0 spiro atoms. The van der Waals surface area contributed by atoms with E-state index in [1.54, 1.807) is 42.0 Å². The molecule has 0 aliphatic rings. The predicted molar refractivity (Wildman–Crippen MR) is 105 cm³/mol. The van der Waals surface area contributed by atoms with Crippen molar-refractivity contribution in [2.24, 2.45) is 0 Å². The lowest BCUT2D eigenvalue weighted by Gasteiger charge is -2.20. The number of amides is 3. The van der Waals surface area contributed by atoms with Crippen LogP contribution in [0.2, 0.25) is 0 Å². The fourth-order valence-electron chi connectivity index (χ4n) is 1.01. The number of carbonyl (C=O) groups is 3. The molecule has 0 radical (unpaired) electrons. The average Bonchev–Trinajstić information content (AvgIpc) is 2.44. The molecule has 0 heterocycles. The summed E-state index contributed by atoms with van der Waals surface area (Å²) < 4.78 is 0. The zero-order chi connectivity index (χ0) is 21.0. The Hall–Kier alpha value is -2.37. The summed E-state index contributed by atoms with van der Waals surface area (Å²) in [5.74, 6) is -0.141. The van der Waals surface area contributed by atoms with Gasteiger partial charge in [0.15, 0.2) is 0 Å². The first-order chi connectivity index (χ1) is 11.1. The standard InChI is InChI=1S/C8H15NO.C6H11NO.C5H9NO/c1-6(2)7(10)9-8(3,4)5;1-5(2)6(8)7(3)4;1-4-5(7)6(2)3/h1H2,2-5H3,(H,9,10);1H2,2-4H3;4H,1H2,2-3H3. The molecule has 0 aromatic rings. The molecular weight excluding hydrogens is 318 g/mol. The second-order valence-electron chi connectivity index (χ2n) is 6.90. The Morgan fingerprint density at radius 1 is 0.880 bits per heavy atom. The number of likely N-dealkylation sites (N-methyl/N-ethyl adjacent to an activating group) is 2. The van der Waals surface area contributed by atoms with Gasteiger partial charge in [-0.15, -0.1) is 0 Å². The van der Waals surface area contributed by atoms with Crippen molar-refractivity contribution in [3.63, 3.8) is 0 Å². The molecule has 0 aromatic carbocycles. The Morgan fingerprint density at radius 3 is 1.32 bits per heavy atom. The van der Waals surface area contributed by atoms with Crippen LogP contribution in [0.3, 0.4) is 0 Å². The summed E-state index contributed by atoms with van der Waals surface area (Å²) in [6.07, 6.45) is 1.28. The van der Waals surface area contributed by atoms with E-state index in [1.165, 1.54) is 15.9 Å². The fourth-order valence-corrected chi connectivity index (χ4v) is 1.01. The molecule has 0 aliphatic heterocycles. The second-order valence-corrected chi connectivity index (χ2v) is 6.90. The van der Waals surface area contributed by atoms with Crippen LogP contribution in [0.15, 0.2) is 37.0 Å². The van der Waals surface area contributed by atoms with E-state index in [0.29, 0.717) is 11.1 Å². The van der Waals surface area contributed by atoms with Crippen LogP contribution in [0, 0.1) is 0 Å². The van der Waals surface area contributed by atoms with E-state index in [4.69, 9.17) is 0 Å². The molecule has 0 aromatic heterocycles. The van der Waals surface area contributed by atoms with Crippen LogP contribution in [0.25, 0.3) is 0 Å². The molecule has 144 valence electrons. The second kappa shape index (κ2) is 13.0. The van der Waals surface area contributed by atoms with Gasteiger partial charge >= 0.3 is 0 Å². The van der Waals surface area contributed by atoms with Crippen LogP contribution >= 0.6 is 0 Å². The number of hydrogen-bond donors (Lipinski definition) is 1. The van der Waals surface area contributed by atoms with Gasteiger partial charge in [0.05, 0.1) is 0 Å². The smallest absolute Gasteiger partial charge is 0.248 e. The molecule has 0 fully saturated rings. The van der Waals surface area contributed by atoms with Crippen molar-refractivity contribution in [3.8, 4) is 0 Å². The minimum Gasteiger partial charge on any atom is -0.348 e. The molecule has 0 bridgehead atoms. The van der Waals surface area contributed by atoms with E-state index in [1.807, 2.05) is 20.8 Å². The molecule has 0 saturated heterocycles. The van der Waals surface area contributed by atoms with Crippen molar-refractivity contribution >= 4 is 17.7 Å². The molecule has 1 N–H and O–H groups in total. The van der Waals surface area contributed by atoms with Gasteiger partial charge in [0.2, 0.25) is 17.7 Å². The van der Waals surface area contributed by atoms with Crippen molar-refractivity contribution in [3.05, 3.63) is 37.0 Å². The first-order valence-electron chi connectivity index (χ1n) is 7.75. The minimum absolute atomic E-state index is 0.00926. The van der Waals surface area contributed by atoms with Gasteiger partial charge in [-0.2, -0.15) is 0 Å². The molecule has 0 rings (SSSR count). The molecular formula is C19H35N3O3. The van der Waals surface area contributed by atoms with Crippen LogP contribution in [0.1, 0.15) is 34.6 Å². The van der Waals surface area contributed by atoms with E-state index in [9.17, 15) is 14.4 Å². The Balaban J connectivity index is -0.000000296. The molecule has 0 unspecified atom stereocenters. The molecule has 0 aliphatic carbocycles. The van der Waals surface area contributed by atoms with Crippen LogP contribution in [-0.2, 0) is 14.4 Å². The number of rotatable bonds is 3. The molecule has 3 amide bonds. The zero-order valence-electron chi connectivity index (χ0n) is 17.3. The first kappa shape index (κ1) is 27.5. The van der Waals surface area contributed by atoms with Gasteiger partial charge in [0.1, 0.15) is 0 Å². The molecule has 6 heteroatoms. The van der Waals surface area contributed by atoms with Gasteiger partial charge in [-0.05, 0) is 40.7 Å². The maximum Gasteiger partial charge on any atom is 0.248 e. The van der Waals surface area contributed by atoms with E-state index in [2.05, 4.69) is 25.1 Å². The normalized spacial score (nSPS) is 9.16. The number of nitrogens with zero attached hydrogens (tertiary/aromatic N) is 2. The van der Waals surface area contributed by atoms with E-state index < -0.39 is 0 Å². The summed E-state index contributed by atoms with van der Waals surface area (Å²) in [5.41, 5.74) is 0.973. The lowest BCUT2D eigenvalue weighted by Crippen LogP contribution is -2.40. The summed E-state index contributed by atoms with van der Waals surface area (Å²) in [6.45, 7) is 19.5. The van der Waals surface area contributed by atoms with E-state index in [0.717, 1.165) is 0 Å². The van der Waals surface area contributed by atoms with Crippen molar-refractivity contribution < 1.29 is 14.4 Å². The third kappa shape index (κ3) is 19.6. The van der Waals surface area contributed by atoms with Crippen molar-refractivity contribution in [1.82, 2.24) is 15.1 Å². The lowest BCUT2D eigenvalue weighted by molar-refractivity contribution is -0.125. The lowest BCUT2D eigenvalue weighted by atomic mass is 10.1. The van der Waals surface area contributed by atoms with Crippen LogP contribution in [0.5, 0.6) is 0 Å². The van der Waals surface area contributed by atoms with Crippen LogP contribution < -0.4 is 5.32 Å².